The molecule has 0 N–H and O–H groups in total. The van der Waals surface area contributed by atoms with Gasteiger partial charge in [0, 0.05) is 6.54 Å². The Bertz CT molecular complexity index is 437. The van der Waals surface area contributed by atoms with Crippen LogP contribution < -0.4 is 0 Å². The summed E-state index contributed by atoms with van der Waals surface area (Å²) in [5, 5.41) is 0. The Kier molecular flexibility index (Phi) is 4.53. The number of morpholine rings is 1. The number of nitrogens with zero attached hydrogens (tertiary/aromatic N) is 1. The largest absolute Gasteiger partial charge is 0.431 e. The third-order valence-corrected chi connectivity index (χ3v) is 4.02. The van der Waals surface area contributed by atoms with E-state index in [1.165, 1.54) is 0 Å². The quantitative estimate of drug-likeness (QED) is 0.616. The van der Waals surface area contributed by atoms with Crippen LogP contribution >= 0.6 is 7.95 Å². The fourth-order valence-electron chi connectivity index (χ4n) is 1.74. The van der Waals surface area contributed by atoms with Crippen molar-refractivity contribution in [2.24, 2.45) is 0 Å². The molecular weight excluding hydrogens is 253 g/mol. The third-order valence-electron chi connectivity index (χ3n) is 2.73. The van der Waals surface area contributed by atoms with Crippen molar-refractivity contribution >= 4 is 13.9 Å². The van der Waals surface area contributed by atoms with Crippen LogP contribution in [0, 0.1) is 0 Å². The van der Waals surface area contributed by atoms with E-state index in [1.54, 1.807) is 35.6 Å². The van der Waals surface area contributed by atoms with Crippen molar-refractivity contribution in [3.8, 4) is 0 Å². The van der Waals surface area contributed by atoms with E-state index < -0.39 is 20.2 Å². The Balaban J connectivity index is 1.93. The molecule has 1 aliphatic rings. The highest BCUT2D eigenvalue weighted by Crippen LogP contribution is 2.25. The van der Waals surface area contributed by atoms with Gasteiger partial charge in [-0.15, -0.1) is 0 Å². The molecule has 0 aromatic heterocycles. The average Bonchev–Trinajstić information content (AvgIpc) is 2.40. The first kappa shape index (κ1) is 13.3. The Morgan fingerprint density at radius 2 is 2.17 bits per heavy atom. The van der Waals surface area contributed by atoms with E-state index >= 15 is 0 Å². The van der Waals surface area contributed by atoms with Gasteiger partial charge in [-0.05, 0) is 18.8 Å². The number of hydrogen-bond donors (Lipinski definition) is 0. The molecule has 1 aromatic rings. The summed E-state index contributed by atoms with van der Waals surface area (Å²) in [6, 6.07) is 8.75. The van der Waals surface area contributed by atoms with Gasteiger partial charge in [-0.2, -0.15) is 0 Å². The first-order valence-corrected chi connectivity index (χ1v) is 7.65. The van der Waals surface area contributed by atoms with Crippen LogP contribution in [0.3, 0.4) is 0 Å². The fraction of sp³-hybridized carbons (Fsp3) is 0.417. The lowest BCUT2D eigenvalue weighted by molar-refractivity contribution is -0.137. The summed E-state index contributed by atoms with van der Waals surface area (Å²) in [5.41, 5.74) is 0.488. The van der Waals surface area contributed by atoms with E-state index in [0.29, 0.717) is 25.3 Å². The number of esters is 1. The van der Waals surface area contributed by atoms with E-state index in [4.69, 9.17) is 9.47 Å². The molecule has 0 amide bonds. The minimum Gasteiger partial charge on any atom is -0.431 e. The van der Waals surface area contributed by atoms with Crippen molar-refractivity contribution in [2.45, 2.75) is 6.29 Å². The van der Waals surface area contributed by atoms with Crippen molar-refractivity contribution in [2.75, 3.05) is 26.4 Å². The van der Waals surface area contributed by atoms with Gasteiger partial charge >= 0.3 is 5.97 Å². The number of rotatable bonds is 3. The van der Waals surface area contributed by atoms with Gasteiger partial charge in [-0.1, -0.05) is 18.2 Å². The van der Waals surface area contributed by atoms with Crippen molar-refractivity contribution < 1.29 is 18.8 Å². The zero-order valence-corrected chi connectivity index (χ0v) is 11.2. The Labute approximate surface area is 107 Å². The first-order valence-electron chi connectivity index (χ1n) is 5.80. The Morgan fingerprint density at radius 1 is 1.44 bits per heavy atom. The highest BCUT2D eigenvalue weighted by molar-refractivity contribution is 7.41. The summed E-state index contributed by atoms with van der Waals surface area (Å²) in [6.07, 6.45) is -0.639. The highest BCUT2D eigenvalue weighted by Gasteiger charge is 2.25. The number of carbonyl (C=O) groups excluding carboxylic acids is 1. The summed E-state index contributed by atoms with van der Waals surface area (Å²) >= 11 is 0. The maximum Gasteiger partial charge on any atom is 0.340 e. The first-order chi connectivity index (χ1) is 8.66. The maximum absolute atomic E-state index is 11.8. The van der Waals surface area contributed by atoms with Crippen LogP contribution in [0.4, 0.5) is 0 Å². The van der Waals surface area contributed by atoms with Crippen LogP contribution in [0.25, 0.3) is 0 Å². The van der Waals surface area contributed by atoms with E-state index in [9.17, 15) is 9.36 Å². The van der Waals surface area contributed by atoms with Gasteiger partial charge in [0.1, 0.15) is 7.95 Å². The third kappa shape index (κ3) is 3.42. The minimum absolute atomic E-state index is 0.368. The summed E-state index contributed by atoms with van der Waals surface area (Å²) in [6.45, 7) is 3.09. The molecule has 18 heavy (non-hydrogen) atoms. The zero-order valence-electron chi connectivity index (χ0n) is 10.2. The molecule has 2 rings (SSSR count). The summed E-state index contributed by atoms with van der Waals surface area (Å²) in [4.78, 5) is 11.8. The van der Waals surface area contributed by atoms with Gasteiger partial charge in [0.2, 0.25) is 6.29 Å². The molecule has 0 bridgehead atoms. The molecule has 6 heteroatoms. The maximum atomic E-state index is 11.8. The topological polar surface area (TPSA) is 55.8 Å². The van der Waals surface area contributed by atoms with E-state index in [1.807, 2.05) is 6.07 Å². The van der Waals surface area contributed by atoms with Crippen LogP contribution in [0.15, 0.2) is 30.3 Å². The molecule has 0 radical (unpaired) electrons. The monoisotopic (exact) mass is 269 g/mol. The summed E-state index contributed by atoms with van der Waals surface area (Å²) in [7, 11) is -1.75. The second kappa shape index (κ2) is 6.14. The van der Waals surface area contributed by atoms with Crippen molar-refractivity contribution in [1.29, 1.82) is 0 Å². The number of ether oxygens (including phenoxy) is 2. The molecule has 1 saturated heterocycles. The van der Waals surface area contributed by atoms with Crippen molar-refractivity contribution in [3.63, 3.8) is 0 Å². The standard InChI is InChI=1S/C12H16NO4P/c1-18(15)13-7-8-16-11(9-13)17-12(14)10-5-3-2-4-6-10/h2-6,11,18H,7-9H2,1H3. The molecular formula is C12H16NO4P. The Hall–Kier alpha value is -1.16. The average molecular weight is 269 g/mol. The van der Waals surface area contributed by atoms with Crippen LogP contribution in [-0.2, 0) is 14.0 Å². The van der Waals surface area contributed by atoms with Crippen LogP contribution in [-0.4, -0.2) is 43.3 Å². The van der Waals surface area contributed by atoms with Crippen LogP contribution in [0.1, 0.15) is 10.4 Å². The van der Waals surface area contributed by atoms with Crippen LogP contribution in [0.2, 0.25) is 0 Å². The van der Waals surface area contributed by atoms with Gasteiger partial charge in [0.25, 0.3) is 0 Å². The number of carbonyl (C=O) groups is 1. The smallest absolute Gasteiger partial charge is 0.340 e. The normalized spacial score (nSPS) is 22.4. The van der Waals surface area contributed by atoms with Gasteiger partial charge < -0.3 is 14.0 Å². The van der Waals surface area contributed by atoms with Gasteiger partial charge in [-0.3, -0.25) is 0 Å². The lowest BCUT2D eigenvalue weighted by Gasteiger charge is -2.30. The summed E-state index contributed by atoms with van der Waals surface area (Å²) in [5.74, 6) is -0.418. The van der Waals surface area contributed by atoms with Crippen molar-refractivity contribution in [3.05, 3.63) is 35.9 Å². The molecule has 2 atom stereocenters. The second-order valence-electron chi connectivity index (χ2n) is 4.04. The number of benzene rings is 1. The zero-order chi connectivity index (χ0) is 13.0. The molecule has 0 saturated carbocycles. The second-order valence-corrected chi connectivity index (χ2v) is 5.71. The number of hydrogen-bond acceptors (Lipinski definition) is 4. The molecule has 2 unspecified atom stereocenters. The molecule has 98 valence electrons. The molecule has 1 heterocycles. The molecule has 1 fully saturated rings. The molecule has 0 spiro atoms. The van der Waals surface area contributed by atoms with Gasteiger partial charge in [0.05, 0.1) is 18.7 Å². The Morgan fingerprint density at radius 3 is 2.83 bits per heavy atom. The summed E-state index contributed by atoms with van der Waals surface area (Å²) < 4.78 is 23.8. The highest BCUT2D eigenvalue weighted by atomic mass is 31.1. The van der Waals surface area contributed by atoms with E-state index in [2.05, 4.69) is 0 Å². The molecule has 1 aromatic carbocycles. The van der Waals surface area contributed by atoms with Gasteiger partial charge in [-0.25, -0.2) is 9.46 Å². The molecule has 1 aliphatic heterocycles. The lowest BCUT2D eigenvalue weighted by atomic mass is 10.2. The molecule has 0 aliphatic carbocycles. The lowest BCUT2D eigenvalue weighted by Crippen LogP contribution is -2.40. The van der Waals surface area contributed by atoms with Crippen molar-refractivity contribution in [1.82, 2.24) is 4.67 Å². The van der Waals surface area contributed by atoms with E-state index in [0.717, 1.165) is 0 Å². The minimum atomic E-state index is -1.75. The predicted octanol–water partition coefficient (Wildman–Crippen LogP) is 1.61. The fourth-order valence-corrected chi connectivity index (χ4v) is 2.55. The predicted molar refractivity (Wildman–Crippen MR) is 68.1 cm³/mol. The van der Waals surface area contributed by atoms with Crippen LogP contribution in [0.5, 0.6) is 0 Å². The SMILES string of the molecule is C[PH](=O)N1CCOC(OC(=O)c2ccccc2)C1. The molecule has 5 nitrogen and oxygen atoms in total. The van der Waals surface area contributed by atoms with Gasteiger partial charge in [0.15, 0.2) is 0 Å². The van der Waals surface area contributed by atoms with E-state index in [-0.39, 0.29) is 0 Å².